The highest BCUT2D eigenvalue weighted by Gasteiger charge is 2.12. The summed E-state index contributed by atoms with van der Waals surface area (Å²) in [6.07, 6.45) is 0.0713. The molecule has 22 heavy (non-hydrogen) atoms. The van der Waals surface area contributed by atoms with E-state index >= 15 is 0 Å². The number of ether oxygens (including phenoxy) is 2. The Kier molecular flexibility index (Phi) is 5.30. The zero-order valence-corrected chi connectivity index (χ0v) is 12.6. The predicted molar refractivity (Wildman–Crippen MR) is 78.9 cm³/mol. The molecular formula is C16H18N2O4. The van der Waals surface area contributed by atoms with Crippen LogP contribution in [0.4, 0.5) is 0 Å². The van der Waals surface area contributed by atoms with Gasteiger partial charge in [0.1, 0.15) is 13.2 Å². The third-order valence-electron chi connectivity index (χ3n) is 3.11. The number of benzene rings is 1. The smallest absolute Gasteiger partial charge is 0.327 e. The fourth-order valence-corrected chi connectivity index (χ4v) is 1.95. The first-order valence-electron chi connectivity index (χ1n) is 6.88. The largest absolute Gasteiger partial charge is 0.468 e. The van der Waals surface area contributed by atoms with E-state index in [2.05, 4.69) is 9.84 Å². The number of esters is 2. The topological polar surface area (TPSA) is 70.4 Å². The summed E-state index contributed by atoms with van der Waals surface area (Å²) in [6.45, 7) is 2.08. The molecule has 6 nitrogen and oxygen atoms in total. The second-order valence-electron chi connectivity index (χ2n) is 4.83. The molecule has 1 heterocycles. The van der Waals surface area contributed by atoms with E-state index in [9.17, 15) is 9.59 Å². The molecule has 0 bridgehead atoms. The summed E-state index contributed by atoms with van der Waals surface area (Å²) in [5.41, 5.74) is 2.29. The molecule has 6 heteroatoms. The van der Waals surface area contributed by atoms with E-state index in [-0.39, 0.29) is 31.5 Å². The van der Waals surface area contributed by atoms with Crippen molar-refractivity contribution >= 4 is 11.9 Å². The lowest BCUT2D eigenvalue weighted by Crippen LogP contribution is -2.14. The molecule has 0 spiro atoms. The Bertz CT molecular complexity index is 649. The van der Waals surface area contributed by atoms with Crippen molar-refractivity contribution in [1.29, 1.82) is 0 Å². The molecule has 1 aromatic carbocycles. The van der Waals surface area contributed by atoms with Gasteiger partial charge in [-0.15, -0.1) is 0 Å². The number of hydrogen-bond acceptors (Lipinski definition) is 5. The van der Waals surface area contributed by atoms with E-state index in [4.69, 9.17) is 4.74 Å². The van der Waals surface area contributed by atoms with E-state index < -0.39 is 0 Å². The van der Waals surface area contributed by atoms with Crippen LogP contribution >= 0.6 is 0 Å². The molecule has 0 aliphatic carbocycles. The van der Waals surface area contributed by atoms with Gasteiger partial charge in [-0.05, 0) is 18.6 Å². The van der Waals surface area contributed by atoms with E-state index in [0.717, 1.165) is 11.3 Å². The van der Waals surface area contributed by atoms with Crippen LogP contribution in [0.15, 0.2) is 36.4 Å². The maximum Gasteiger partial charge on any atom is 0.327 e. The highest BCUT2D eigenvalue weighted by molar-refractivity contribution is 5.72. The molecule has 0 unspecified atom stereocenters. The Labute approximate surface area is 128 Å². The fraction of sp³-hybridized carbons (Fsp3) is 0.312. The van der Waals surface area contributed by atoms with Crippen LogP contribution in [0.5, 0.6) is 0 Å². The van der Waals surface area contributed by atoms with Crippen molar-refractivity contribution in [3.05, 3.63) is 53.3 Å². The van der Waals surface area contributed by atoms with Gasteiger partial charge < -0.3 is 9.47 Å². The van der Waals surface area contributed by atoms with Gasteiger partial charge >= 0.3 is 11.9 Å². The normalized spacial score (nSPS) is 10.3. The van der Waals surface area contributed by atoms with Gasteiger partial charge in [0.05, 0.1) is 19.2 Å². The van der Waals surface area contributed by atoms with Gasteiger partial charge in [-0.1, -0.05) is 30.3 Å². The Balaban J connectivity index is 1.89. The molecule has 0 saturated carbocycles. The number of carbonyl (C=O) groups excluding carboxylic acids is 2. The van der Waals surface area contributed by atoms with Crippen molar-refractivity contribution < 1.29 is 19.1 Å². The Morgan fingerprint density at radius 1 is 1.18 bits per heavy atom. The van der Waals surface area contributed by atoms with Crippen molar-refractivity contribution in [2.24, 2.45) is 0 Å². The van der Waals surface area contributed by atoms with Gasteiger partial charge in [0.2, 0.25) is 0 Å². The van der Waals surface area contributed by atoms with Crippen molar-refractivity contribution in [3.63, 3.8) is 0 Å². The number of aromatic nitrogens is 2. The predicted octanol–water partition coefficient (Wildman–Crippen LogP) is 1.65. The second-order valence-corrected chi connectivity index (χ2v) is 4.83. The summed E-state index contributed by atoms with van der Waals surface area (Å²) in [7, 11) is 1.32. The highest BCUT2D eigenvalue weighted by atomic mass is 16.5. The van der Waals surface area contributed by atoms with Crippen LogP contribution in [-0.2, 0) is 38.6 Å². The molecular weight excluding hydrogens is 284 g/mol. The number of aryl methyl sites for hydroxylation is 1. The van der Waals surface area contributed by atoms with Gasteiger partial charge in [-0.2, -0.15) is 5.10 Å². The van der Waals surface area contributed by atoms with Crippen molar-refractivity contribution in [2.75, 3.05) is 7.11 Å². The molecule has 0 fully saturated rings. The molecule has 0 saturated heterocycles. The number of methoxy groups -OCH3 is 1. The Hall–Kier alpha value is -2.63. The minimum Gasteiger partial charge on any atom is -0.468 e. The summed E-state index contributed by atoms with van der Waals surface area (Å²) in [6, 6.07) is 11.2. The highest BCUT2D eigenvalue weighted by Crippen LogP contribution is 2.07. The first-order valence-corrected chi connectivity index (χ1v) is 6.88. The molecule has 0 radical (unpaired) electrons. The SMILES string of the molecule is COC(=O)Cn1nc(CC(=O)OCc2ccccc2)cc1C. The average molecular weight is 302 g/mol. The number of rotatable bonds is 6. The molecule has 0 N–H and O–H groups in total. The fourth-order valence-electron chi connectivity index (χ4n) is 1.95. The van der Waals surface area contributed by atoms with Crippen LogP contribution in [0.25, 0.3) is 0 Å². The summed E-state index contributed by atoms with van der Waals surface area (Å²) in [5.74, 6) is -0.740. The zero-order valence-electron chi connectivity index (χ0n) is 12.6. The van der Waals surface area contributed by atoms with E-state index in [1.807, 2.05) is 37.3 Å². The van der Waals surface area contributed by atoms with Gasteiger partial charge in [0, 0.05) is 5.69 Å². The van der Waals surface area contributed by atoms with Crippen LogP contribution in [0.3, 0.4) is 0 Å². The Morgan fingerprint density at radius 2 is 1.91 bits per heavy atom. The van der Waals surface area contributed by atoms with Gasteiger partial charge in [0.15, 0.2) is 0 Å². The molecule has 0 aliphatic rings. The molecule has 0 atom stereocenters. The molecule has 116 valence electrons. The minimum absolute atomic E-state index is 0.0292. The number of nitrogens with zero attached hydrogens (tertiary/aromatic N) is 2. The molecule has 0 aliphatic heterocycles. The summed E-state index contributed by atoms with van der Waals surface area (Å²) in [4.78, 5) is 23.1. The van der Waals surface area contributed by atoms with Crippen molar-refractivity contribution in [1.82, 2.24) is 9.78 Å². The molecule has 2 rings (SSSR count). The van der Waals surface area contributed by atoms with Crippen LogP contribution in [0, 0.1) is 6.92 Å². The van der Waals surface area contributed by atoms with Crippen LogP contribution in [0.2, 0.25) is 0 Å². The van der Waals surface area contributed by atoms with Crippen LogP contribution in [-0.4, -0.2) is 28.8 Å². The quantitative estimate of drug-likeness (QED) is 0.759. The lowest BCUT2D eigenvalue weighted by Gasteiger charge is -2.03. The van der Waals surface area contributed by atoms with Crippen molar-refractivity contribution in [3.8, 4) is 0 Å². The molecule has 1 aromatic heterocycles. The Morgan fingerprint density at radius 3 is 2.59 bits per heavy atom. The first-order chi connectivity index (χ1) is 10.6. The average Bonchev–Trinajstić information content (AvgIpc) is 2.85. The summed E-state index contributed by atoms with van der Waals surface area (Å²) < 4.78 is 11.3. The zero-order chi connectivity index (χ0) is 15.9. The summed E-state index contributed by atoms with van der Waals surface area (Å²) in [5, 5.41) is 4.21. The maximum atomic E-state index is 11.8. The van der Waals surface area contributed by atoms with E-state index in [0.29, 0.717) is 5.69 Å². The monoisotopic (exact) mass is 302 g/mol. The van der Waals surface area contributed by atoms with Gasteiger partial charge in [-0.3, -0.25) is 14.3 Å². The van der Waals surface area contributed by atoms with Crippen LogP contribution in [0.1, 0.15) is 17.0 Å². The van der Waals surface area contributed by atoms with Gasteiger partial charge in [0.25, 0.3) is 0 Å². The van der Waals surface area contributed by atoms with Crippen LogP contribution < -0.4 is 0 Å². The third-order valence-corrected chi connectivity index (χ3v) is 3.11. The maximum absolute atomic E-state index is 11.8. The van der Waals surface area contributed by atoms with Crippen molar-refractivity contribution in [2.45, 2.75) is 26.5 Å². The number of hydrogen-bond donors (Lipinski definition) is 0. The lowest BCUT2D eigenvalue weighted by atomic mass is 10.2. The standard InChI is InChI=1S/C16H18N2O4/c1-12-8-14(17-18(12)10-16(20)21-2)9-15(19)22-11-13-6-4-3-5-7-13/h3-8H,9-11H2,1-2H3. The second kappa shape index (κ2) is 7.40. The summed E-state index contributed by atoms with van der Waals surface area (Å²) >= 11 is 0. The lowest BCUT2D eigenvalue weighted by molar-refractivity contribution is -0.144. The molecule has 0 amide bonds. The van der Waals surface area contributed by atoms with E-state index in [1.165, 1.54) is 11.8 Å². The van der Waals surface area contributed by atoms with E-state index in [1.54, 1.807) is 6.07 Å². The number of carbonyl (C=O) groups is 2. The minimum atomic E-state index is -0.385. The third kappa shape index (κ3) is 4.44. The first kappa shape index (κ1) is 15.8. The van der Waals surface area contributed by atoms with Gasteiger partial charge in [-0.25, -0.2) is 0 Å². The molecule has 2 aromatic rings.